The zero-order valence-electron chi connectivity index (χ0n) is 17.0. The first-order valence-corrected chi connectivity index (χ1v) is 11.7. The van der Waals surface area contributed by atoms with Crippen LogP contribution in [0.25, 0.3) is 0 Å². The van der Waals surface area contributed by atoms with Gasteiger partial charge in [-0.15, -0.1) is 0 Å². The molecule has 6 heteroatoms. The lowest BCUT2D eigenvalue weighted by Crippen LogP contribution is -2.44. The molecule has 0 N–H and O–H groups in total. The van der Waals surface area contributed by atoms with E-state index in [-0.39, 0.29) is 5.04 Å². The van der Waals surface area contributed by atoms with Gasteiger partial charge in [-0.3, -0.25) is 0 Å². The van der Waals surface area contributed by atoms with Gasteiger partial charge >= 0.3 is 7.12 Å². The summed E-state index contributed by atoms with van der Waals surface area (Å²) in [5, 5.41) is 9.72. The van der Waals surface area contributed by atoms with Gasteiger partial charge in [-0.25, -0.2) is 0 Å². The lowest BCUT2D eigenvalue weighted by Gasteiger charge is -2.36. The molecule has 4 nitrogen and oxygen atoms in total. The van der Waals surface area contributed by atoms with Crippen LogP contribution in [-0.2, 0) is 9.31 Å². The highest BCUT2D eigenvalue weighted by atomic mass is 28.4. The number of hydrogen-bond acceptors (Lipinski definition) is 4. The molecule has 136 valence electrons. The lowest BCUT2D eigenvalue weighted by molar-refractivity contribution is 0.00578. The van der Waals surface area contributed by atoms with E-state index in [0.29, 0.717) is 5.56 Å². The van der Waals surface area contributed by atoms with Crippen LogP contribution >= 0.6 is 0 Å². The van der Waals surface area contributed by atoms with Crippen molar-refractivity contribution >= 4 is 20.9 Å². The first-order chi connectivity index (χ1) is 11.2. The van der Waals surface area contributed by atoms with Gasteiger partial charge in [-0.1, -0.05) is 26.8 Å². The SMILES string of the molecule is CC1(C)OB(c2ccc(O[Si](C)(C)C(C)(C)C)cc2C#N)OC1(C)C. The van der Waals surface area contributed by atoms with Crippen molar-refractivity contribution in [2.75, 3.05) is 0 Å². The second-order valence-corrected chi connectivity index (χ2v) is 14.0. The summed E-state index contributed by atoms with van der Waals surface area (Å²) < 4.78 is 18.5. The van der Waals surface area contributed by atoms with E-state index in [1.54, 1.807) is 6.07 Å². The molecular formula is C19H30BNO3Si. The monoisotopic (exact) mass is 359 g/mol. The molecule has 1 aliphatic rings. The molecule has 1 aliphatic heterocycles. The number of hydrogen-bond donors (Lipinski definition) is 0. The summed E-state index contributed by atoms with van der Waals surface area (Å²) in [6.07, 6.45) is 0. The van der Waals surface area contributed by atoms with Crippen LogP contribution in [0.1, 0.15) is 54.0 Å². The fourth-order valence-corrected chi connectivity index (χ4v) is 3.34. The Morgan fingerprint density at radius 2 is 1.60 bits per heavy atom. The Morgan fingerprint density at radius 3 is 2.04 bits per heavy atom. The fraction of sp³-hybridized carbons (Fsp3) is 0.632. The standard InChI is InChI=1S/C19H30BNO3Si/c1-17(2,3)25(8,9)22-15-10-11-16(14(12-15)13-21)20-23-18(4,5)19(6,7)24-20/h10-12H,1-9H3. The van der Waals surface area contributed by atoms with Crippen molar-refractivity contribution in [3.8, 4) is 11.8 Å². The molecule has 1 fully saturated rings. The molecule has 0 aliphatic carbocycles. The molecule has 1 aromatic carbocycles. The van der Waals surface area contributed by atoms with Crippen molar-refractivity contribution in [2.24, 2.45) is 0 Å². The second-order valence-electron chi connectivity index (χ2n) is 9.31. The van der Waals surface area contributed by atoms with E-state index < -0.39 is 26.6 Å². The van der Waals surface area contributed by atoms with E-state index >= 15 is 0 Å². The quantitative estimate of drug-likeness (QED) is 0.758. The van der Waals surface area contributed by atoms with Gasteiger partial charge in [0.2, 0.25) is 8.32 Å². The maximum atomic E-state index is 9.62. The molecule has 0 spiro atoms. The summed E-state index contributed by atoms with van der Waals surface area (Å²) >= 11 is 0. The van der Waals surface area contributed by atoms with E-state index in [0.717, 1.165) is 11.2 Å². The van der Waals surface area contributed by atoms with Crippen molar-refractivity contribution in [2.45, 2.75) is 77.8 Å². The maximum absolute atomic E-state index is 9.62. The van der Waals surface area contributed by atoms with E-state index in [2.05, 4.69) is 39.9 Å². The number of benzene rings is 1. The van der Waals surface area contributed by atoms with Gasteiger partial charge in [0.1, 0.15) is 5.75 Å². The smallest absolute Gasteiger partial charge is 0.496 e. The Labute approximate surface area is 153 Å². The minimum absolute atomic E-state index is 0.101. The molecule has 25 heavy (non-hydrogen) atoms. The number of nitriles is 1. The van der Waals surface area contributed by atoms with Crippen LogP contribution < -0.4 is 9.89 Å². The van der Waals surface area contributed by atoms with Crippen molar-refractivity contribution in [3.05, 3.63) is 23.8 Å². The van der Waals surface area contributed by atoms with E-state index in [1.165, 1.54) is 0 Å². The highest BCUT2D eigenvalue weighted by Gasteiger charge is 2.52. The van der Waals surface area contributed by atoms with Gasteiger partial charge in [0.15, 0.2) is 0 Å². The van der Waals surface area contributed by atoms with E-state index in [4.69, 9.17) is 13.7 Å². The Bertz CT molecular complexity index is 686. The van der Waals surface area contributed by atoms with Crippen LogP contribution in [0.2, 0.25) is 18.1 Å². The first kappa shape index (κ1) is 20.0. The molecule has 0 amide bonds. The first-order valence-electron chi connectivity index (χ1n) is 8.79. The molecule has 0 bridgehead atoms. The molecule has 1 aromatic rings. The Morgan fingerprint density at radius 1 is 1.08 bits per heavy atom. The van der Waals surface area contributed by atoms with Crippen LogP contribution in [0.5, 0.6) is 5.75 Å². The minimum atomic E-state index is -1.95. The molecule has 0 atom stereocenters. The summed E-state index contributed by atoms with van der Waals surface area (Å²) in [7, 11) is -2.49. The number of rotatable bonds is 3. The zero-order chi connectivity index (χ0) is 19.3. The Balaban J connectivity index is 2.32. The lowest BCUT2D eigenvalue weighted by atomic mass is 9.76. The van der Waals surface area contributed by atoms with Crippen LogP contribution in [0, 0.1) is 11.3 Å². The van der Waals surface area contributed by atoms with Crippen molar-refractivity contribution in [3.63, 3.8) is 0 Å². The third kappa shape index (κ3) is 3.79. The second kappa shape index (κ2) is 6.15. The number of nitrogens with zero attached hydrogens (tertiary/aromatic N) is 1. The average Bonchev–Trinajstić information content (AvgIpc) is 2.65. The van der Waals surface area contributed by atoms with E-state index in [9.17, 15) is 5.26 Å². The van der Waals surface area contributed by atoms with Gasteiger partial charge in [-0.05, 0) is 58.0 Å². The van der Waals surface area contributed by atoms with Gasteiger partial charge in [-0.2, -0.15) is 5.26 Å². The summed E-state index contributed by atoms with van der Waals surface area (Å²) in [4.78, 5) is 0. The van der Waals surface area contributed by atoms with Crippen LogP contribution in [0.15, 0.2) is 18.2 Å². The molecule has 0 unspecified atom stereocenters. The highest BCUT2D eigenvalue weighted by Crippen LogP contribution is 2.38. The normalized spacial score (nSPS) is 19.6. The Kier molecular flexibility index (Phi) is 4.93. The third-order valence-electron chi connectivity index (χ3n) is 5.83. The van der Waals surface area contributed by atoms with Crippen molar-refractivity contribution in [1.82, 2.24) is 0 Å². The predicted molar refractivity (Wildman–Crippen MR) is 105 cm³/mol. The highest BCUT2D eigenvalue weighted by molar-refractivity contribution is 6.74. The largest absolute Gasteiger partial charge is 0.543 e. The molecule has 0 saturated carbocycles. The summed E-state index contributed by atoms with van der Waals surface area (Å²) in [5.41, 5.74) is 0.431. The topological polar surface area (TPSA) is 51.5 Å². The predicted octanol–water partition coefficient (Wildman–Crippen LogP) is 4.24. The molecular weight excluding hydrogens is 329 g/mol. The zero-order valence-corrected chi connectivity index (χ0v) is 18.0. The molecule has 0 aromatic heterocycles. The third-order valence-corrected chi connectivity index (χ3v) is 10.2. The van der Waals surface area contributed by atoms with Gasteiger partial charge in [0.25, 0.3) is 0 Å². The maximum Gasteiger partial charge on any atom is 0.496 e. The van der Waals surface area contributed by atoms with Gasteiger partial charge in [0, 0.05) is 5.46 Å². The average molecular weight is 359 g/mol. The Hall–Kier alpha value is -1.29. The van der Waals surface area contributed by atoms with Crippen LogP contribution in [0.3, 0.4) is 0 Å². The molecule has 1 heterocycles. The van der Waals surface area contributed by atoms with Gasteiger partial charge in [0.05, 0.1) is 22.8 Å². The molecule has 1 saturated heterocycles. The fourth-order valence-electron chi connectivity index (χ4n) is 2.32. The molecule has 0 radical (unpaired) electrons. The molecule has 2 rings (SSSR count). The van der Waals surface area contributed by atoms with Crippen molar-refractivity contribution < 1.29 is 13.7 Å². The summed E-state index contributed by atoms with van der Waals surface area (Å²) in [6.45, 7) is 19.0. The summed E-state index contributed by atoms with van der Waals surface area (Å²) in [6, 6.07) is 7.88. The van der Waals surface area contributed by atoms with Crippen molar-refractivity contribution in [1.29, 1.82) is 5.26 Å². The minimum Gasteiger partial charge on any atom is -0.543 e. The van der Waals surface area contributed by atoms with Crippen LogP contribution in [-0.4, -0.2) is 26.6 Å². The van der Waals surface area contributed by atoms with E-state index in [1.807, 2.05) is 39.8 Å². The van der Waals surface area contributed by atoms with Crippen LogP contribution in [0.4, 0.5) is 0 Å². The van der Waals surface area contributed by atoms with Gasteiger partial charge < -0.3 is 13.7 Å². The summed E-state index contributed by atoms with van der Waals surface area (Å²) in [5.74, 6) is 0.739.